The van der Waals surface area contributed by atoms with Crippen LogP contribution in [-0.2, 0) is 0 Å². The molecule has 0 N–H and O–H groups in total. The van der Waals surface area contributed by atoms with E-state index in [-0.39, 0.29) is 5.92 Å². The van der Waals surface area contributed by atoms with Crippen molar-refractivity contribution < 1.29 is 4.74 Å². The van der Waals surface area contributed by atoms with E-state index in [2.05, 4.69) is 9.97 Å². The minimum atomic E-state index is 0.273. The minimum Gasteiger partial charge on any atom is -0.478 e. The van der Waals surface area contributed by atoms with Crippen LogP contribution < -0.4 is 4.74 Å². The molecule has 1 rings (SSSR count). The Hall–Kier alpha value is -0.830. The zero-order valence-corrected chi connectivity index (χ0v) is 8.80. The van der Waals surface area contributed by atoms with E-state index in [1.807, 2.05) is 20.8 Å². The first-order valence-corrected chi connectivity index (χ1v) is 4.67. The number of nitrogens with zero attached hydrogens (tertiary/aromatic N) is 2. The van der Waals surface area contributed by atoms with Gasteiger partial charge in [-0.25, -0.2) is 9.97 Å². The van der Waals surface area contributed by atoms with Gasteiger partial charge in [-0.3, -0.25) is 0 Å². The number of halogens is 1. The molecule has 1 aromatic rings. The van der Waals surface area contributed by atoms with Gasteiger partial charge in [-0.15, -0.1) is 0 Å². The molecule has 0 radical (unpaired) electrons. The van der Waals surface area contributed by atoms with Crippen LogP contribution in [0, 0.1) is 0 Å². The highest BCUT2D eigenvalue weighted by atomic mass is 35.5. The summed E-state index contributed by atoms with van der Waals surface area (Å²) >= 11 is 5.93. The third kappa shape index (κ3) is 2.31. The van der Waals surface area contributed by atoms with Crippen molar-refractivity contribution in [3.63, 3.8) is 0 Å². The third-order valence-corrected chi connectivity index (χ3v) is 1.96. The summed E-state index contributed by atoms with van der Waals surface area (Å²) in [5.74, 6) is 0.868. The molecular weight excluding hydrogens is 188 g/mol. The molecule has 0 unspecified atom stereocenters. The standard InChI is InChI=1S/C9H13ClN2O/c1-4-13-9-7(6(2)3)8(10)11-5-12-9/h5-6H,4H2,1-3H3. The molecule has 13 heavy (non-hydrogen) atoms. The van der Waals surface area contributed by atoms with Gasteiger partial charge in [0.15, 0.2) is 0 Å². The maximum Gasteiger partial charge on any atom is 0.221 e. The lowest BCUT2D eigenvalue weighted by atomic mass is 10.1. The maximum atomic E-state index is 5.93. The Balaban J connectivity index is 3.10. The second-order valence-electron chi connectivity index (χ2n) is 2.97. The second-order valence-corrected chi connectivity index (χ2v) is 3.33. The Morgan fingerprint density at radius 2 is 2.15 bits per heavy atom. The van der Waals surface area contributed by atoms with Gasteiger partial charge in [0.05, 0.1) is 12.2 Å². The summed E-state index contributed by atoms with van der Waals surface area (Å²) in [6.07, 6.45) is 1.42. The Morgan fingerprint density at radius 1 is 1.46 bits per heavy atom. The van der Waals surface area contributed by atoms with Crippen molar-refractivity contribution in [1.29, 1.82) is 0 Å². The van der Waals surface area contributed by atoms with Gasteiger partial charge in [0.2, 0.25) is 5.88 Å². The van der Waals surface area contributed by atoms with E-state index in [0.29, 0.717) is 17.6 Å². The van der Waals surface area contributed by atoms with Crippen LogP contribution in [0.5, 0.6) is 5.88 Å². The highest BCUT2D eigenvalue weighted by Gasteiger charge is 2.13. The molecule has 0 aliphatic carbocycles. The Labute approximate surface area is 83.1 Å². The van der Waals surface area contributed by atoms with Crippen LogP contribution in [0.3, 0.4) is 0 Å². The van der Waals surface area contributed by atoms with Gasteiger partial charge in [0.25, 0.3) is 0 Å². The van der Waals surface area contributed by atoms with E-state index in [4.69, 9.17) is 16.3 Å². The average Bonchev–Trinajstić information content (AvgIpc) is 2.04. The van der Waals surface area contributed by atoms with Crippen LogP contribution in [0.2, 0.25) is 5.15 Å². The number of aromatic nitrogens is 2. The molecular formula is C9H13ClN2O. The zero-order chi connectivity index (χ0) is 9.84. The highest BCUT2D eigenvalue weighted by molar-refractivity contribution is 6.30. The van der Waals surface area contributed by atoms with Crippen molar-refractivity contribution in [3.05, 3.63) is 17.0 Å². The van der Waals surface area contributed by atoms with Crippen LogP contribution in [-0.4, -0.2) is 16.6 Å². The molecule has 4 heteroatoms. The van der Waals surface area contributed by atoms with Crippen LogP contribution >= 0.6 is 11.6 Å². The van der Waals surface area contributed by atoms with Gasteiger partial charge in [-0.05, 0) is 12.8 Å². The zero-order valence-electron chi connectivity index (χ0n) is 8.04. The van der Waals surface area contributed by atoms with E-state index >= 15 is 0 Å². The predicted octanol–water partition coefficient (Wildman–Crippen LogP) is 2.65. The largest absolute Gasteiger partial charge is 0.478 e. The number of hydrogen-bond donors (Lipinski definition) is 0. The van der Waals surface area contributed by atoms with Gasteiger partial charge < -0.3 is 4.74 Å². The van der Waals surface area contributed by atoms with E-state index < -0.39 is 0 Å². The summed E-state index contributed by atoms with van der Waals surface area (Å²) in [7, 11) is 0. The molecule has 0 atom stereocenters. The summed E-state index contributed by atoms with van der Waals surface area (Å²) < 4.78 is 5.34. The second kappa shape index (κ2) is 4.42. The first kappa shape index (κ1) is 10.3. The molecule has 1 aromatic heterocycles. The van der Waals surface area contributed by atoms with Gasteiger partial charge in [0.1, 0.15) is 11.5 Å². The Bertz CT molecular complexity index is 289. The molecule has 1 heterocycles. The number of hydrogen-bond acceptors (Lipinski definition) is 3. The highest BCUT2D eigenvalue weighted by Crippen LogP contribution is 2.29. The summed E-state index contributed by atoms with van der Waals surface area (Å²) in [6, 6.07) is 0. The third-order valence-electron chi connectivity index (χ3n) is 1.66. The molecule has 0 saturated carbocycles. The van der Waals surface area contributed by atoms with Crippen molar-refractivity contribution in [2.45, 2.75) is 26.7 Å². The van der Waals surface area contributed by atoms with Crippen molar-refractivity contribution in [2.75, 3.05) is 6.61 Å². The van der Waals surface area contributed by atoms with E-state index in [0.717, 1.165) is 5.56 Å². The van der Waals surface area contributed by atoms with Crippen LogP contribution in [0.1, 0.15) is 32.3 Å². The first-order chi connectivity index (χ1) is 6.16. The fourth-order valence-electron chi connectivity index (χ4n) is 1.10. The summed E-state index contributed by atoms with van der Waals surface area (Å²) in [5, 5.41) is 0.480. The minimum absolute atomic E-state index is 0.273. The van der Waals surface area contributed by atoms with Crippen LogP contribution in [0.15, 0.2) is 6.33 Å². The molecule has 0 spiro atoms. The van der Waals surface area contributed by atoms with Gasteiger partial charge in [-0.2, -0.15) is 0 Å². The average molecular weight is 201 g/mol. The summed E-state index contributed by atoms with van der Waals surface area (Å²) in [4.78, 5) is 7.95. The lowest BCUT2D eigenvalue weighted by Gasteiger charge is -2.11. The molecule has 0 bridgehead atoms. The molecule has 3 nitrogen and oxygen atoms in total. The van der Waals surface area contributed by atoms with Crippen LogP contribution in [0.4, 0.5) is 0 Å². The molecule has 0 saturated heterocycles. The summed E-state index contributed by atoms with van der Waals surface area (Å²) in [5.41, 5.74) is 0.881. The molecule has 0 aliphatic rings. The van der Waals surface area contributed by atoms with Gasteiger partial charge in [0, 0.05) is 0 Å². The topological polar surface area (TPSA) is 35.0 Å². The van der Waals surface area contributed by atoms with Gasteiger partial charge >= 0.3 is 0 Å². The van der Waals surface area contributed by atoms with E-state index in [1.54, 1.807) is 0 Å². The predicted molar refractivity (Wildman–Crippen MR) is 52.3 cm³/mol. The van der Waals surface area contributed by atoms with E-state index in [1.165, 1.54) is 6.33 Å². The van der Waals surface area contributed by atoms with Crippen molar-refractivity contribution in [2.24, 2.45) is 0 Å². The maximum absolute atomic E-state index is 5.93. The molecule has 0 fully saturated rings. The van der Waals surface area contributed by atoms with E-state index in [9.17, 15) is 0 Å². The molecule has 0 aliphatic heterocycles. The fraction of sp³-hybridized carbons (Fsp3) is 0.556. The number of ether oxygens (including phenoxy) is 1. The summed E-state index contributed by atoms with van der Waals surface area (Å²) in [6.45, 7) is 6.58. The van der Waals surface area contributed by atoms with Crippen molar-refractivity contribution in [3.8, 4) is 5.88 Å². The number of rotatable bonds is 3. The molecule has 0 aromatic carbocycles. The first-order valence-electron chi connectivity index (χ1n) is 4.30. The monoisotopic (exact) mass is 200 g/mol. The molecule has 0 amide bonds. The van der Waals surface area contributed by atoms with Crippen molar-refractivity contribution >= 4 is 11.6 Å². The van der Waals surface area contributed by atoms with Crippen molar-refractivity contribution in [1.82, 2.24) is 9.97 Å². The normalized spacial score (nSPS) is 10.5. The fourth-order valence-corrected chi connectivity index (χ4v) is 1.44. The SMILES string of the molecule is CCOc1ncnc(Cl)c1C(C)C. The van der Waals surface area contributed by atoms with Crippen LogP contribution in [0.25, 0.3) is 0 Å². The lowest BCUT2D eigenvalue weighted by molar-refractivity contribution is 0.320. The lowest BCUT2D eigenvalue weighted by Crippen LogP contribution is -2.02. The van der Waals surface area contributed by atoms with Gasteiger partial charge in [-0.1, -0.05) is 25.4 Å². The Kier molecular flexibility index (Phi) is 3.48. The Morgan fingerprint density at radius 3 is 2.69 bits per heavy atom. The smallest absolute Gasteiger partial charge is 0.221 e. The molecule has 72 valence electrons. The quantitative estimate of drug-likeness (QED) is 0.704.